The van der Waals surface area contributed by atoms with E-state index in [2.05, 4.69) is 25.7 Å². The fourth-order valence-electron chi connectivity index (χ4n) is 1.91. The van der Waals surface area contributed by atoms with Gasteiger partial charge in [0.15, 0.2) is 0 Å². The van der Waals surface area contributed by atoms with Crippen LogP contribution in [0.1, 0.15) is 33.6 Å². The highest BCUT2D eigenvalue weighted by Crippen LogP contribution is 2.40. The normalized spacial score (nSPS) is 25.1. The van der Waals surface area contributed by atoms with Crippen LogP contribution in [0.4, 0.5) is 0 Å². The van der Waals surface area contributed by atoms with Crippen molar-refractivity contribution in [2.24, 2.45) is 0 Å². The van der Waals surface area contributed by atoms with Crippen LogP contribution in [0, 0.1) is 0 Å². The van der Waals surface area contributed by atoms with E-state index in [1.54, 1.807) is 0 Å². The average Bonchev–Trinajstić information content (AvgIpc) is 2.00. The molecular weight excluding hydrogens is 213 g/mol. The van der Waals surface area contributed by atoms with Gasteiger partial charge in [-0.2, -0.15) is 0 Å². The van der Waals surface area contributed by atoms with Crippen molar-refractivity contribution in [2.45, 2.75) is 45.3 Å². The molecule has 1 atom stereocenters. The van der Waals surface area contributed by atoms with Crippen LogP contribution in [-0.4, -0.2) is 41.2 Å². The fourth-order valence-corrected chi connectivity index (χ4v) is 2.67. The molecule has 15 heavy (non-hydrogen) atoms. The highest BCUT2D eigenvalue weighted by atomic mass is 31.2. The van der Waals surface area contributed by atoms with Crippen molar-refractivity contribution >= 4 is 7.60 Å². The van der Waals surface area contributed by atoms with Crippen LogP contribution >= 0.6 is 7.60 Å². The largest absolute Gasteiger partial charge is 0.325 e. The Bertz CT molecular complexity index is 248. The van der Waals surface area contributed by atoms with Gasteiger partial charge in [-0.1, -0.05) is 0 Å². The van der Waals surface area contributed by atoms with E-state index in [-0.39, 0.29) is 11.6 Å². The van der Waals surface area contributed by atoms with E-state index >= 15 is 0 Å². The molecule has 1 N–H and O–H groups in total. The minimum atomic E-state index is -3.31. The van der Waals surface area contributed by atoms with Crippen molar-refractivity contribution < 1.29 is 14.0 Å². The van der Waals surface area contributed by atoms with E-state index in [9.17, 15) is 4.57 Å². The maximum Gasteiger partial charge on any atom is 0.325 e. The van der Waals surface area contributed by atoms with E-state index in [1.165, 1.54) is 6.66 Å². The fraction of sp³-hybridized carbons (Fsp3) is 1.00. The first-order chi connectivity index (χ1) is 6.68. The minimum absolute atomic E-state index is 0.0515. The van der Waals surface area contributed by atoms with Crippen molar-refractivity contribution in [2.75, 3.05) is 19.8 Å². The van der Waals surface area contributed by atoms with Gasteiger partial charge in [0, 0.05) is 25.3 Å². The van der Waals surface area contributed by atoms with Crippen LogP contribution in [0.5, 0.6) is 0 Å². The van der Waals surface area contributed by atoms with Crippen LogP contribution in [0.3, 0.4) is 0 Å². The third-order valence-electron chi connectivity index (χ3n) is 2.74. The number of nitrogens with zero attached hydrogens (tertiary/aromatic N) is 1. The smallest absolute Gasteiger partial charge is 0.324 e. The Kier molecular flexibility index (Phi) is 3.99. The lowest BCUT2D eigenvalue weighted by molar-refractivity contribution is 0.0451. The summed E-state index contributed by atoms with van der Waals surface area (Å²) < 4.78 is 16.2. The summed E-state index contributed by atoms with van der Waals surface area (Å²) in [5.41, 5.74) is 0.181. The first-order valence-electron chi connectivity index (χ1n) is 5.42. The quantitative estimate of drug-likeness (QED) is 0.744. The van der Waals surface area contributed by atoms with E-state index in [4.69, 9.17) is 9.42 Å². The van der Waals surface area contributed by atoms with Crippen LogP contribution in [-0.2, 0) is 9.09 Å². The molecule has 0 amide bonds. The molecule has 0 radical (unpaired) electrons. The molecule has 90 valence electrons. The lowest BCUT2D eigenvalue weighted by Crippen LogP contribution is -2.47. The SMILES string of the molecule is CC(C)(C)N1CCC(OP(C)(=O)O)CC1. The van der Waals surface area contributed by atoms with Gasteiger partial charge in [-0.3, -0.25) is 9.46 Å². The summed E-state index contributed by atoms with van der Waals surface area (Å²) in [7, 11) is -3.31. The standard InChI is InChI=1S/C10H22NO3P/c1-10(2,3)11-7-5-9(6-8-11)14-15(4,12)13/h9H,5-8H2,1-4H3,(H,12,13). The maximum absolute atomic E-state index is 11.1. The monoisotopic (exact) mass is 235 g/mol. The van der Waals surface area contributed by atoms with Gasteiger partial charge < -0.3 is 9.42 Å². The molecule has 5 heteroatoms. The molecule has 0 aromatic rings. The zero-order chi connectivity index (χ0) is 11.7. The van der Waals surface area contributed by atoms with Gasteiger partial charge >= 0.3 is 7.60 Å². The van der Waals surface area contributed by atoms with Crippen LogP contribution in [0.25, 0.3) is 0 Å². The van der Waals surface area contributed by atoms with Crippen molar-refractivity contribution in [3.8, 4) is 0 Å². The van der Waals surface area contributed by atoms with Gasteiger partial charge in [0.05, 0.1) is 6.10 Å². The molecule has 0 bridgehead atoms. The molecule has 1 saturated heterocycles. The Hall–Kier alpha value is 0.110. The lowest BCUT2D eigenvalue weighted by atomic mass is 10.00. The summed E-state index contributed by atoms with van der Waals surface area (Å²) >= 11 is 0. The summed E-state index contributed by atoms with van der Waals surface area (Å²) in [6.45, 7) is 9.69. The zero-order valence-electron chi connectivity index (χ0n) is 10.1. The highest BCUT2D eigenvalue weighted by molar-refractivity contribution is 7.51. The second-order valence-electron chi connectivity index (χ2n) is 5.27. The molecule has 1 fully saturated rings. The zero-order valence-corrected chi connectivity index (χ0v) is 11.0. The molecule has 1 heterocycles. The van der Waals surface area contributed by atoms with E-state index in [1.807, 2.05) is 0 Å². The number of hydrogen-bond donors (Lipinski definition) is 1. The average molecular weight is 235 g/mol. The Labute approximate surface area is 92.1 Å². The highest BCUT2D eigenvalue weighted by Gasteiger charge is 2.29. The molecule has 0 aromatic carbocycles. The molecule has 4 nitrogen and oxygen atoms in total. The molecule has 1 aliphatic heterocycles. The Morgan fingerprint density at radius 1 is 1.33 bits per heavy atom. The van der Waals surface area contributed by atoms with Crippen LogP contribution in [0.15, 0.2) is 0 Å². The number of rotatable bonds is 2. The summed E-state index contributed by atoms with van der Waals surface area (Å²) in [5, 5.41) is 0. The molecule has 0 aromatic heterocycles. The van der Waals surface area contributed by atoms with Gasteiger partial charge in [0.1, 0.15) is 0 Å². The first kappa shape index (κ1) is 13.2. The third-order valence-corrected chi connectivity index (χ3v) is 3.42. The second kappa shape index (κ2) is 4.54. The van der Waals surface area contributed by atoms with E-state index in [0.717, 1.165) is 25.9 Å². The first-order valence-corrected chi connectivity index (χ1v) is 7.45. The molecule has 0 saturated carbocycles. The minimum Gasteiger partial charge on any atom is -0.324 e. The predicted octanol–water partition coefficient (Wildman–Crippen LogP) is 2.08. The molecular formula is C10H22NO3P. The van der Waals surface area contributed by atoms with Crippen LogP contribution < -0.4 is 0 Å². The van der Waals surface area contributed by atoms with Gasteiger partial charge in [-0.25, -0.2) is 0 Å². The molecule has 1 unspecified atom stereocenters. The van der Waals surface area contributed by atoms with Crippen molar-refractivity contribution in [1.82, 2.24) is 4.90 Å². The van der Waals surface area contributed by atoms with Gasteiger partial charge in [0.2, 0.25) is 0 Å². The van der Waals surface area contributed by atoms with Crippen molar-refractivity contribution in [3.63, 3.8) is 0 Å². The predicted molar refractivity (Wildman–Crippen MR) is 61.2 cm³/mol. The van der Waals surface area contributed by atoms with E-state index < -0.39 is 7.60 Å². The maximum atomic E-state index is 11.1. The molecule has 1 rings (SSSR count). The van der Waals surface area contributed by atoms with Gasteiger partial charge in [-0.15, -0.1) is 0 Å². The lowest BCUT2D eigenvalue weighted by Gasteiger charge is -2.40. The Morgan fingerprint density at radius 3 is 2.13 bits per heavy atom. The Morgan fingerprint density at radius 2 is 1.80 bits per heavy atom. The summed E-state index contributed by atoms with van der Waals surface area (Å²) in [4.78, 5) is 11.5. The van der Waals surface area contributed by atoms with E-state index in [0.29, 0.717) is 0 Å². The summed E-state index contributed by atoms with van der Waals surface area (Å²) in [5.74, 6) is 0. The molecule has 1 aliphatic rings. The van der Waals surface area contributed by atoms with Gasteiger partial charge in [-0.05, 0) is 33.6 Å². The van der Waals surface area contributed by atoms with Crippen molar-refractivity contribution in [1.29, 1.82) is 0 Å². The summed E-state index contributed by atoms with van der Waals surface area (Å²) in [6, 6.07) is 0. The van der Waals surface area contributed by atoms with Crippen molar-refractivity contribution in [3.05, 3.63) is 0 Å². The third kappa shape index (κ3) is 4.64. The molecule has 0 aliphatic carbocycles. The van der Waals surface area contributed by atoms with Crippen LogP contribution in [0.2, 0.25) is 0 Å². The van der Waals surface area contributed by atoms with Gasteiger partial charge in [0.25, 0.3) is 0 Å². The topological polar surface area (TPSA) is 49.8 Å². The Balaban J connectivity index is 2.40. The second-order valence-corrected chi connectivity index (χ2v) is 7.08. The number of piperidine rings is 1. The number of hydrogen-bond acceptors (Lipinski definition) is 3. The molecule has 0 spiro atoms. The summed E-state index contributed by atoms with van der Waals surface area (Å²) in [6.07, 6.45) is 1.63. The number of likely N-dealkylation sites (tertiary alicyclic amines) is 1.